The number of anilines is 1. The maximum absolute atomic E-state index is 10.7. The number of carbonyl (C=O) groups is 1. The lowest BCUT2D eigenvalue weighted by molar-refractivity contribution is -0.114. The van der Waals surface area contributed by atoms with Crippen LogP contribution in [0.4, 0.5) is 5.69 Å². The van der Waals surface area contributed by atoms with Gasteiger partial charge in [0.05, 0.1) is 0 Å². The van der Waals surface area contributed by atoms with Gasteiger partial charge in [-0.1, -0.05) is 6.07 Å². The molecule has 0 fully saturated rings. The van der Waals surface area contributed by atoms with Crippen LogP contribution in [-0.2, 0) is 4.79 Å². The Balaban J connectivity index is 2.69. The van der Waals surface area contributed by atoms with Gasteiger partial charge in [-0.05, 0) is 12.1 Å². The molecule has 3 heteroatoms. The van der Waals surface area contributed by atoms with Crippen molar-refractivity contribution < 1.29 is 11.3 Å². The van der Waals surface area contributed by atoms with Crippen LogP contribution < -0.4 is 5.32 Å². The number of phenols is 1. The maximum Gasteiger partial charge on any atom is 0.221 e. The molecule has 0 aliphatic heterocycles. The van der Waals surface area contributed by atoms with E-state index in [-0.39, 0.29) is 18.6 Å². The van der Waals surface area contributed by atoms with Crippen molar-refractivity contribution in [2.24, 2.45) is 0 Å². The molecule has 0 radical (unpaired) electrons. The summed E-state index contributed by atoms with van der Waals surface area (Å²) in [5, 5.41) is 11.4. The second-order valence-corrected chi connectivity index (χ2v) is 2.10. The van der Waals surface area contributed by atoms with Gasteiger partial charge in [0.15, 0.2) is 0 Å². The Morgan fingerprint density at radius 3 is 3.18 bits per heavy atom. The Kier molecular flexibility index (Phi) is 1.73. The molecular formula is C8H9NO2. The van der Waals surface area contributed by atoms with Gasteiger partial charge in [-0.25, -0.2) is 0 Å². The molecule has 0 aromatic heterocycles. The molecule has 0 aliphatic carbocycles. The van der Waals surface area contributed by atoms with Gasteiger partial charge in [0.25, 0.3) is 0 Å². The molecule has 58 valence electrons. The van der Waals surface area contributed by atoms with E-state index in [1.54, 1.807) is 12.1 Å². The van der Waals surface area contributed by atoms with Crippen LogP contribution in [0.25, 0.3) is 0 Å². The lowest BCUT2D eigenvalue weighted by Gasteiger charge is -2.00. The highest BCUT2D eigenvalue weighted by atomic mass is 16.3. The zero-order valence-electron chi connectivity index (χ0n) is 6.87. The number of amides is 1. The normalized spacial score (nSPS) is 10.4. The molecule has 1 aromatic rings. The quantitative estimate of drug-likeness (QED) is 0.638. The smallest absolute Gasteiger partial charge is 0.221 e. The number of aromatic hydroxyl groups is 1. The largest absolute Gasteiger partial charge is 0.508 e. The zero-order chi connectivity index (χ0) is 8.97. The standard InChI is InChI=1S/C8H9NO2/c1-6(10)9-7-3-2-4-8(11)5-7/h2-5,11H,1H3,(H,9,10)/i1D. The number of hydrogen-bond donors (Lipinski definition) is 2. The molecule has 0 bridgehead atoms. The summed E-state index contributed by atoms with van der Waals surface area (Å²) < 4.78 is 6.74. The van der Waals surface area contributed by atoms with Crippen molar-refractivity contribution >= 4 is 11.6 Å². The van der Waals surface area contributed by atoms with E-state index in [1.807, 2.05) is 0 Å². The number of hydrogen-bond acceptors (Lipinski definition) is 2. The van der Waals surface area contributed by atoms with E-state index in [9.17, 15) is 4.79 Å². The van der Waals surface area contributed by atoms with Crippen molar-refractivity contribution in [3.8, 4) is 5.75 Å². The third-order valence-electron chi connectivity index (χ3n) is 1.13. The number of phenolic OH excluding ortho intramolecular Hbond substituents is 1. The summed E-state index contributed by atoms with van der Waals surface area (Å²) in [4.78, 5) is 10.7. The maximum atomic E-state index is 10.7. The first kappa shape index (κ1) is 6.22. The SMILES string of the molecule is [2H]CC(=O)Nc1cccc(O)c1. The molecule has 0 aliphatic rings. The number of rotatable bonds is 1. The Hall–Kier alpha value is -1.51. The topological polar surface area (TPSA) is 49.3 Å². The number of carbonyl (C=O) groups excluding carboxylic acids is 1. The van der Waals surface area contributed by atoms with E-state index >= 15 is 0 Å². The molecule has 0 spiro atoms. The van der Waals surface area contributed by atoms with E-state index in [0.717, 1.165) is 0 Å². The first-order valence-electron chi connectivity index (χ1n) is 3.81. The van der Waals surface area contributed by atoms with E-state index in [1.165, 1.54) is 12.1 Å². The Morgan fingerprint density at radius 1 is 1.73 bits per heavy atom. The molecule has 3 nitrogen and oxygen atoms in total. The lowest BCUT2D eigenvalue weighted by atomic mass is 10.3. The predicted molar refractivity (Wildman–Crippen MR) is 42.4 cm³/mol. The van der Waals surface area contributed by atoms with Gasteiger partial charge in [-0.2, -0.15) is 0 Å². The first-order chi connectivity index (χ1) is 5.72. The van der Waals surface area contributed by atoms with Gasteiger partial charge in [-0.3, -0.25) is 4.79 Å². The van der Waals surface area contributed by atoms with Crippen molar-refractivity contribution in [2.45, 2.75) is 6.90 Å². The van der Waals surface area contributed by atoms with Crippen LogP contribution in [0, 0.1) is 0 Å². The highest BCUT2D eigenvalue weighted by molar-refractivity contribution is 5.88. The van der Waals surface area contributed by atoms with Crippen LogP contribution in [0.15, 0.2) is 24.3 Å². The molecule has 0 heterocycles. The fourth-order valence-electron chi connectivity index (χ4n) is 0.745. The zero-order valence-corrected chi connectivity index (χ0v) is 5.87. The Bertz CT molecular complexity index is 288. The van der Waals surface area contributed by atoms with Crippen LogP contribution in [-0.4, -0.2) is 11.0 Å². The Morgan fingerprint density at radius 2 is 2.55 bits per heavy atom. The molecule has 0 atom stereocenters. The molecular weight excluding hydrogens is 142 g/mol. The lowest BCUT2D eigenvalue weighted by Crippen LogP contribution is -2.04. The summed E-state index contributed by atoms with van der Waals surface area (Å²) in [5.74, 6) is -0.293. The van der Waals surface area contributed by atoms with E-state index in [0.29, 0.717) is 5.69 Å². The molecule has 0 unspecified atom stereocenters. The second kappa shape index (κ2) is 3.05. The van der Waals surface area contributed by atoms with Gasteiger partial charge in [0, 0.05) is 20.0 Å². The van der Waals surface area contributed by atoms with E-state index < -0.39 is 0 Å². The highest BCUT2D eigenvalue weighted by Gasteiger charge is 1.94. The summed E-state index contributed by atoms with van der Waals surface area (Å²) in [6.45, 7) is -0.310. The van der Waals surface area contributed by atoms with Crippen LogP contribution in [0.5, 0.6) is 5.75 Å². The average Bonchev–Trinajstić information content (AvgIpc) is 2.04. The fourth-order valence-corrected chi connectivity index (χ4v) is 0.745. The average molecular weight is 152 g/mol. The van der Waals surface area contributed by atoms with Crippen LogP contribution in [0.3, 0.4) is 0 Å². The van der Waals surface area contributed by atoms with Gasteiger partial charge in [0.1, 0.15) is 5.75 Å². The van der Waals surface area contributed by atoms with Crippen molar-refractivity contribution in [3.05, 3.63) is 24.3 Å². The molecule has 1 aromatic carbocycles. The molecule has 1 rings (SSSR count). The third-order valence-corrected chi connectivity index (χ3v) is 1.13. The van der Waals surface area contributed by atoms with Crippen LogP contribution in [0.2, 0.25) is 0 Å². The molecule has 1 amide bonds. The van der Waals surface area contributed by atoms with Crippen molar-refractivity contribution in [1.82, 2.24) is 0 Å². The second-order valence-electron chi connectivity index (χ2n) is 2.10. The minimum Gasteiger partial charge on any atom is -0.508 e. The molecule has 11 heavy (non-hydrogen) atoms. The predicted octanol–water partition coefficient (Wildman–Crippen LogP) is 1.35. The summed E-state index contributed by atoms with van der Waals surface area (Å²) in [7, 11) is 0. The van der Waals surface area contributed by atoms with Gasteiger partial charge in [0.2, 0.25) is 5.91 Å². The highest BCUT2D eigenvalue weighted by Crippen LogP contribution is 2.14. The van der Waals surface area contributed by atoms with Gasteiger partial charge >= 0.3 is 0 Å². The van der Waals surface area contributed by atoms with E-state index in [2.05, 4.69) is 5.32 Å². The summed E-state index contributed by atoms with van der Waals surface area (Å²) in [6, 6.07) is 6.20. The number of benzene rings is 1. The third kappa shape index (κ3) is 2.29. The van der Waals surface area contributed by atoms with Crippen molar-refractivity contribution in [1.29, 1.82) is 0 Å². The molecule has 2 N–H and O–H groups in total. The van der Waals surface area contributed by atoms with Crippen molar-refractivity contribution in [3.63, 3.8) is 0 Å². The molecule has 0 saturated heterocycles. The monoisotopic (exact) mass is 152 g/mol. The van der Waals surface area contributed by atoms with Gasteiger partial charge in [-0.15, -0.1) is 0 Å². The van der Waals surface area contributed by atoms with Gasteiger partial charge < -0.3 is 10.4 Å². The fraction of sp³-hybridized carbons (Fsp3) is 0.125. The summed E-state index contributed by atoms with van der Waals surface area (Å²) in [6.07, 6.45) is 0. The number of nitrogens with one attached hydrogen (secondary N) is 1. The summed E-state index contributed by atoms with van der Waals surface area (Å²) >= 11 is 0. The van der Waals surface area contributed by atoms with Crippen LogP contribution >= 0.6 is 0 Å². The summed E-state index contributed by atoms with van der Waals surface area (Å²) in [5.41, 5.74) is 0.507. The van der Waals surface area contributed by atoms with E-state index in [4.69, 9.17) is 6.48 Å². The first-order valence-corrected chi connectivity index (χ1v) is 3.10. The minimum atomic E-state index is -0.388. The molecule has 0 saturated carbocycles. The van der Waals surface area contributed by atoms with Crippen LogP contribution in [0.1, 0.15) is 8.27 Å². The Labute approximate surface area is 66.1 Å². The van der Waals surface area contributed by atoms with Crippen molar-refractivity contribution in [2.75, 3.05) is 5.32 Å². The minimum absolute atomic E-state index is 0.0952.